The molecule has 7 heteroatoms. The molecule has 6 nitrogen and oxygen atoms in total. The molecule has 0 radical (unpaired) electrons. The minimum Gasteiger partial charge on any atom is -0.445 e. The van der Waals surface area contributed by atoms with Crippen LogP contribution in [-0.2, 0) is 13.5 Å². The first-order valence-electron chi connectivity index (χ1n) is 10.4. The molecular weight excluding hydrogens is 400 g/mol. The zero-order valence-electron chi connectivity index (χ0n) is 17.6. The lowest BCUT2D eigenvalue weighted by Gasteiger charge is -2.31. The highest BCUT2D eigenvalue weighted by atomic mass is 35.5. The Labute approximate surface area is 181 Å². The second-order valence-corrected chi connectivity index (χ2v) is 8.73. The van der Waals surface area contributed by atoms with Crippen LogP contribution in [0.2, 0.25) is 5.02 Å². The van der Waals surface area contributed by atoms with Crippen molar-refractivity contribution in [3.05, 3.63) is 70.2 Å². The van der Waals surface area contributed by atoms with Gasteiger partial charge in [0, 0.05) is 31.6 Å². The van der Waals surface area contributed by atoms with Crippen molar-refractivity contribution in [2.45, 2.75) is 44.9 Å². The molecule has 2 aromatic heterocycles. The molecule has 0 spiro atoms. The number of halogens is 1. The average Bonchev–Trinajstić information content (AvgIpc) is 3.34. The van der Waals surface area contributed by atoms with Gasteiger partial charge in [-0.2, -0.15) is 5.10 Å². The Morgan fingerprint density at radius 3 is 2.90 bits per heavy atom. The molecule has 0 bridgehead atoms. The van der Waals surface area contributed by atoms with E-state index in [4.69, 9.17) is 16.0 Å². The fourth-order valence-electron chi connectivity index (χ4n) is 3.94. The topological polar surface area (TPSA) is 64.2 Å². The summed E-state index contributed by atoms with van der Waals surface area (Å²) < 4.78 is 7.74. The lowest BCUT2D eigenvalue weighted by atomic mass is 9.97. The van der Waals surface area contributed by atoms with Gasteiger partial charge < -0.3 is 9.32 Å². The third-order valence-corrected chi connectivity index (χ3v) is 5.84. The number of aromatic nitrogens is 3. The fourth-order valence-corrected chi connectivity index (χ4v) is 4.15. The van der Waals surface area contributed by atoms with Gasteiger partial charge >= 0.3 is 0 Å². The number of carbonyl (C=O) groups excluding carboxylic acids is 1. The second-order valence-electron chi connectivity index (χ2n) is 8.29. The number of nitrogens with zero attached hydrogens (tertiary/aromatic N) is 4. The van der Waals surface area contributed by atoms with Crippen LogP contribution in [0, 0.1) is 0 Å². The Balaban J connectivity index is 1.45. The van der Waals surface area contributed by atoms with Crippen molar-refractivity contribution in [2.24, 2.45) is 7.05 Å². The van der Waals surface area contributed by atoms with Crippen molar-refractivity contribution in [2.75, 3.05) is 13.1 Å². The van der Waals surface area contributed by atoms with Crippen molar-refractivity contribution in [1.82, 2.24) is 19.7 Å². The number of hydrogen-bond donors (Lipinski definition) is 0. The summed E-state index contributed by atoms with van der Waals surface area (Å²) in [6.07, 6.45) is 4.32. The number of aryl methyl sites for hydroxylation is 1. The summed E-state index contributed by atoms with van der Waals surface area (Å²) in [5.41, 5.74) is 2.66. The molecular formula is C23H27ClN4O2. The van der Waals surface area contributed by atoms with E-state index in [1.54, 1.807) is 10.9 Å². The fraction of sp³-hybridized carbons (Fsp3) is 0.435. The average molecular weight is 427 g/mol. The maximum absolute atomic E-state index is 13.1. The van der Waals surface area contributed by atoms with E-state index in [9.17, 15) is 4.79 Å². The summed E-state index contributed by atoms with van der Waals surface area (Å²) >= 11 is 6.07. The summed E-state index contributed by atoms with van der Waals surface area (Å²) in [4.78, 5) is 19.5. The molecule has 3 heterocycles. The third kappa shape index (κ3) is 4.43. The van der Waals surface area contributed by atoms with E-state index in [2.05, 4.69) is 23.9 Å². The SMILES string of the molecule is CC(C)c1cc(C(=O)N2CCC[C@@H](c3ncc(Cc4cccc(Cl)c4)o3)C2)n(C)n1. The Kier molecular flexibility index (Phi) is 5.95. The van der Waals surface area contributed by atoms with Gasteiger partial charge in [0.25, 0.3) is 5.91 Å². The van der Waals surface area contributed by atoms with Crippen molar-refractivity contribution >= 4 is 17.5 Å². The van der Waals surface area contributed by atoms with Gasteiger partial charge in [0.2, 0.25) is 0 Å². The summed E-state index contributed by atoms with van der Waals surface area (Å²) in [5.74, 6) is 1.93. The van der Waals surface area contributed by atoms with Crippen LogP contribution in [0.25, 0.3) is 0 Å². The Bertz CT molecular complexity index is 1040. The molecule has 0 saturated carbocycles. The van der Waals surface area contributed by atoms with Crippen LogP contribution in [0.4, 0.5) is 0 Å². The van der Waals surface area contributed by atoms with Crippen molar-refractivity contribution < 1.29 is 9.21 Å². The van der Waals surface area contributed by atoms with Gasteiger partial charge in [-0.15, -0.1) is 0 Å². The summed E-state index contributed by atoms with van der Waals surface area (Å²) in [6, 6.07) is 9.66. The third-order valence-electron chi connectivity index (χ3n) is 5.61. The second kappa shape index (κ2) is 8.64. The van der Waals surface area contributed by atoms with E-state index >= 15 is 0 Å². The maximum Gasteiger partial charge on any atom is 0.272 e. The van der Waals surface area contributed by atoms with Crippen LogP contribution in [-0.4, -0.2) is 38.7 Å². The van der Waals surface area contributed by atoms with Gasteiger partial charge in [-0.25, -0.2) is 4.98 Å². The highest BCUT2D eigenvalue weighted by molar-refractivity contribution is 6.30. The number of hydrogen-bond acceptors (Lipinski definition) is 4. The first-order valence-corrected chi connectivity index (χ1v) is 10.8. The summed E-state index contributed by atoms with van der Waals surface area (Å²) in [7, 11) is 1.83. The first kappa shape index (κ1) is 20.7. The molecule has 158 valence electrons. The molecule has 30 heavy (non-hydrogen) atoms. The zero-order chi connectivity index (χ0) is 21.3. The van der Waals surface area contributed by atoms with E-state index in [0.717, 1.165) is 36.4 Å². The largest absolute Gasteiger partial charge is 0.445 e. The number of amides is 1. The van der Waals surface area contributed by atoms with Gasteiger partial charge in [0.15, 0.2) is 5.89 Å². The molecule has 1 saturated heterocycles. The Morgan fingerprint density at radius 2 is 2.17 bits per heavy atom. The van der Waals surface area contributed by atoms with E-state index in [0.29, 0.717) is 29.6 Å². The van der Waals surface area contributed by atoms with E-state index < -0.39 is 0 Å². The minimum atomic E-state index is 0.0207. The van der Waals surface area contributed by atoms with Crippen LogP contribution >= 0.6 is 11.6 Å². The van der Waals surface area contributed by atoms with Gasteiger partial charge in [-0.1, -0.05) is 37.6 Å². The van der Waals surface area contributed by atoms with Crippen molar-refractivity contribution in [3.8, 4) is 0 Å². The number of likely N-dealkylation sites (tertiary alicyclic amines) is 1. The van der Waals surface area contributed by atoms with E-state index in [-0.39, 0.29) is 17.7 Å². The molecule has 1 aromatic carbocycles. The molecule has 3 aromatic rings. The van der Waals surface area contributed by atoms with Gasteiger partial charge in [0.05, 0.1) is 17.8 Å². The Morgan fingerprint density at radius 1 is 1.33 bits per heavy atom. The summed E-state index contributed by atoms with van der Waals surface area (Å²) in [5, 5.41) is 5.19. The lowest BCUT2D eigenvalue weighted by molar-refractivity contribution is 0.0686. The maximum atomic E-state index is 13.1. The molecule has 1 aliphatic heterocycles. The monoisotopic (exact) mass is 426 g/mol. The molecule has 1 aliphatic rings. The van der Waals surface area contributed by atoms with Crippen LogP contribution < -0.4 is 0 Å². The highest BCUT2D eigenvalue weighted by Crippen LogP contribution is 2.28. The normalized spacial score (nSPS) is 17.0. The molecule has 1 fully saturated rings. The molecule has 1 atom stereocenters. The zero-order valence-corrected chi connectivity index (χ0v) is 18.4. The number of rotatable bonds is 5. The van der Waals surface area contributed by atoms with Crippen LogP contribution in [0.15, 0.2) is 40.9 Å². The predicted octanol–water partition coefficient (Wildman–Crippen LogP) is 4.80. The lowest BCUT2D eigenvalue weighted by Crippen LogP contribution is -2.40. The molecule has 1 amide bonds. The van der Waals surface area contributed by atoms with Gasteiger partial charge in [-0.3, -0.25) is 9.48 Å². The van der Waals surface area contributed by atoms with Crippen molar-refractivity contribution in [1.29, 1.82) is 0 Å². The minimum absolute atomic E-state index is 0.0207. The number of oxazole rings is 1. The number of piperidine rings is 1. The Hall–Kier alpha value is -2.60. The van der Waals surface area contributed by atoms with Crippen molar-refractivity contribution in [3.63, 3.8) is 0 Å². The smallest absolute Gasteiger partial charge is 0.272 e. The van der Waals surface area contributed by atoms with Gasteiger partial charge in [-0.05, 0) is 42.5 Å². The predicted molar refractivity (Wildman–Crippen MR) is 116 cm³/mol. The standard InChI is InChI=1S/C23H27ClN4O2/c1-15(2)20-12-21(27(3)26-20)23(29)28-9-5-7-17(14-28)22-25-13-19(30-22)11-16-6-4-8-18(24)10-16/h4,6,8,10,12-13,15,17H,5,7,9,11,14H2,1-3H3/t17-/m1/s1. The number of benzene rings is 1. The molecule has 0 aliphatic carbocycles. The van der Waals surface area contributed by atoms with Gasteiger partial charge in [0.1, 0.15) is 11.5 Å². The van der Waals surface area contributed by atoms with Crippen LogP contribution in [0.1, 0.15) is 71.9 Å². The molecule has 0 unspecified atom stereocenters. The van der Waals surface area contributed by atoms with E-state index in [1.165, 1.54) is 0 Å². The van der Waals surface area contributed by atoms with Crippen LogP contribution in [0.3, 0.4) is 0 Å². The van der Waals surface area contributed by atoms with E-state index in [1.807, 2.05) is 42.3 Å². The molecule has 4 rings (SSSR count). The molecule has 0 N–H and O–H groups in total. The van der Waals surface area contributed by atoms with Crippen LogP contribution in [0.5, 0.6) is 0 Å². The highest BCUT2D eigenvalue weighted by Gasteiger charge is 2.30. The quantitative estimate of drug-likeness (QED) is 0.588. The summed E-state index contributed by atoms with van der Waals surface area (Å²) in [6.45, 7) is 5.51. The first-order chi connectivity index (χ1) is 14.4. The number of carbonyl (C=O) groups is 1.